The number of hydrogen-bond acceptors (Lipinski definition) is 5. The van der Waals surface area contributed by atoms with Gasteiger partial charge >= 0.3 is 0 Å². The van der Waals surface area contributed by atoms with Crippen LogP contribution in [0, 0.1) is 11.8 Å². The predicted octanol–water partition coefficient (Wildman–Crippen LogP) is 9.08. The Hall–Kier alpha value is -4.13. The molecule has 2 aliphatic heterocycles. The first-order valence-electron chi connectivity index (χ1n) is 17.3. The summed E-state index contributed by atoms with van der Waals surface area (Å²) in [5.74, 6) is 3.71. The van der Waals surface area contributed by atoms with E-state index < -0.39 is 0 Å². The highest BCUT2D eigenvalue weighted by Crippen LogP contribution is 2.35. The number of aliphatic hydroxyl groups is 1. The van der Waals surface area contributed by atoms with Crippen molar-refractivity contribution in [2.75, 3.05) is 40.1 Å². The summed E-state index contributed by atoms with van der Waals surface area (Å²) in [7, 11) is 1.81. The van der Waals surface area contributed by atoms with Gasteiger partial charge in [0.25, 0.3) is 5.75 Å². The van der Waals surface area contributed by atoms with Gasteiger partial charge in [0.1, 0.15) is 54.7 Å². The zero-order valence-electron chi connectivity index (χ0n) is 30.5. The minimum atomic E-state index is -0.0901. The first-order valence-corrected chi connectivity index (χ1v) is 17.3. The molecule has 0 aliphatic carbocycles. The van der Waals surface area contributed by atoms with Crippen LogP contribution in [0.4, 0.5) is 0 Å². The van der Waals surface area contributed by atoms with Crippen LogP contribution in [0.5, 0.6) is 23.0 Å². The Morgan fingerprint density at radius 2 is 0.898 bits per heavy atom. The third-order valence-electron chi connectivity index (χ3n) is 9.64. The molecule has 2 unspecified atom stereocenters. The molecule has 2 heterocycles. The summed E-state index contributed by atoms with van der Waals surface area (Å²) in [4.78, 5) is 0. The molecule has 2 atom stereocenters. The molecule has 0 saturated carbocycles. The van der Waals surface area contributed by atoms with Crippen molar-refractivity contribution in [3.63, 3.8) is 0 Å². The molecule has 0 aromatic heterocycles. The Balaban J connectivity index is 0.000000195. The van der Waals surface area contributed by atoms with Crippen LogP contribution < -0.4 is 14.2 Å². The van der Waals surface area contributed by atoms with Crippen molar-refractivity contribution in [1.82, 2.24) is 0 Å². The summed E-state index contributed by atoms with van der Waals surface area (Å²) in [6, 6.07) is 33.6. The molecule has 49 heavy (non-hydrogen) atoms. The maximum absolute atomic E-state index is 5.94. The van der Waals surface area contributed by atoms with Gasteiger partial charge in [-0.2, -0.15) is 0 Å². The van der Waals surface area contributed by atoms with Crippen LogP contribution in [0.15, 0.2) is 97.1 Å². The van der Waals surface area contributed by atoms with E-state index in [1.54, 1.807) is 0 Å². The van der Waals surface area contributed by atoms with E-state index in [4.69, 9.17) is 23.7 Å². The smallest absolute Gasteiger partial charge is 0.254 e. The Kier molecular flexibility index (Phi) is 11.5. The van der Waals surface area contributed by atoms with Crippen molar-refractivity contribution in [1.29, 1.82) is 0 Å². The Morgan fingerprint density at radius 1 is 0.571 bits per heavy atom. The summed E-state index contributed by atoms with van der Waals surface area (Å²) in [6.07, 6.45) is 2.75. The molecule has 4 aromatic carbocycles. The van der Waals surface area contributed by atoms with E-state index in [1.165, 1.54) is 22.3 Å². The number of benzene rings is 4. The quantitative estimate of drug-likeness (QED) is 0.0720. The molecular weight excluding hydrogens is 612 g/mol. The third-order valence-corrected chi connectivity index (χ3v) is 9.64. The van der Waals surface area contributed by atoms with Gasteiger partial charge in [-0.25, -0.2) is 0 Å². The lowest BCUT2D eigenvalue weighted by atomic mass is 9.78. The molecule has 6 heteroatoms. The van der Waals surface area contributed by atoms with Crippen LogP contribution in [0.25, 0.3) is 0 Å². The second kappa shape index (κ2) is 15.6. The molecule has 4 aromatic rings. The largest absolute Gasteiger partial charge is 0.585 e. The van der Waals surface area contributed by atoms with Crippen molar-refractivity contribution < 1.29 is 28.4 Å². The molecule has 260 valence electrons. The van der Waals surface area contributed by atoms with Crippen LogP contribution in [0.2, 0.25) is 0 Å². The van der Waals surface area contributed by atoms with Gasteiger partial charge < -0.3 is 28.4 Å². The predicted molar refractivity (Wildman–Crippen MR) is 197 cm³/mol. The van der Waals surface area contributed by atoms with Gasteiger partial charge in [-0.1, -0.05) is 64.1 Å². The highest BCUT2D eigenvalue weighted by atomic mass is 16.6. The highest BCUT2D eigenvalue weighted by molar-refractivity contribution is 5.43. The maximum Gasteiger partial charge on any atom is 0.254 e. The van der Waals surface area contributed by atoms with Crippen molar-refractivity contribution in [2.45, 2.75) is 71.5 Å². The number of hydrogen-bond donors (Lipinski definition) is 0. The van der Waals surface area contributed by atoms with Crippen molar-refractivity contribution in [3.05, 3.63) is 126 Å². The highest BCUT2D eigenvalue weighted by Gasteiger charge is 2.27. The molecule has 2 aliphatic rings. The van der Waals surface area contributed by atoms with Crippen LogP contribution in [0.1, 0.15) is 70.7 Å². The normalized spacial score (nSPS) is 16.9. The molecule has 0 bridgehead atoms. The molecule has 2 fully saturated rings. The Labute approximate surface area is 293 Å². The van der Waals surface area contributed by atoms with Crippen molar-refractivity contribution in [3.8, 4) is 23.0 Å². The van der Waals surface area contributed by atoms with Crippen molar-refractivity contribution >= 4 is 0 Å². The van der Waals surface area contributed by atoms with Crippen LogP contribution >= 0.6 is 0 Å². The molecule has 6 nitrogen and oxygen atoms in total. The van der Waals surface area contributed by atoms with Gasteiger partial charge in [0.2, 0.25) is 0 Å². The fourth-order valence-electron chi connectivity index (χ4n) is 5.32. The van der Waals surface area contributed by atoms with Gasteiger partial charge in [0.05, 0.1) is 26.6 Å². The summed E-state index contributed by atoms with van der Waals surface area (Å²) in [5.41, 5.74) is 5.00. The summed E-state index contributed by atoms with van der Waals surface area (Å²) < 4.78 is 31.9. The van der Waals surface area contributed by atoms with Crippen LogP contribution in [0.3, 0.4) is 0 Å². The fourth-order valence-corrected chi connectivity index (χ4v) is 5.32. The Bertz CT molecular complexity index is 1580. The van der Waals surface area contributed by atoms with E-state index in [0.717, 1.165) is 36.2 Å². The third kappa shape index (κ3) is 10.2. The minimum absolute atomic E-state index is 0.0512. The zero-order valence-corrected chi connectivity index (χ0v) is 30.5. The Morgan fingerprint density at radius 3 is 1.20 bits per heavy atom. The van der Waals surface area contributed by atoms with Crippen LogP contribution in [-0.2, 0) is 20.3 Å². The topological polar surface area (TPSA) is 65.6 Å². The van der Waals surface area contributed by atoms with E-state index in [-0.39, 0.29) is 22.3 Å². The fraction of sp³-hybridized carbons (Fsp3) is 0.419. The standard InChI is InChI=1S/C24H31O3.C19H22O3/c1-6-23(2,3)17-27-21-13-9-19(10-14-21)24(4,5)18-7-11-20(12-8-18)25-15-22-16-26-22;1-19(2,14-4-8-16(20-3)9-5-14)15-6-10-17(11-7-15)21-12-18-13-22-18/h6-14,22H,15-17H2,1-5H3;4-11,18H,12-13H2,1-3H3/q+1;/p+1. The van der Waals surface area contributed by atoms with E-state index in [9.17, 15) is 0 Å². The summed E-state index contributed by atoms with van der Waals surface area (Å²) in [6.45, 7) is 19.0. The number of rotatable bonds is 15. The molecule has 6 rings (SSSR count). The van der Waals surface area contributed by atoms with Crippen molar-refractivity contribution in [2.24, 2.45) is 5.41 Å². The van der Waals surface area contributed by atoms with Gasteiger partial charge in [-0.15, -0.1) is 0 Å². The molecule has 0 radical (unpaired) electrons. The van der Waals surface area contributed by atoms with Gasteiger partial charge in [-0.3, -0.25) is 0 Å². The molecule has 1 N–H and O–H groups in total. The SMILES string of the molecule is C[CH+]C(C)(C)COc1ccc(C(C)(C)c2ccc(OCC3CO3)cc2)cc1.C[OH+]c1ccc(C(C)(C)c2ccc(OCC3CO3)cc2)cc1. The average molecular weight is 667 g/mol. The summed E-state index contributed by atoms with van der Waals surface area (Å²) in [5, 5.41) is 0. The average Bonchev–Trinajstić information content (AvgIpc) is 4.06. The monoisotopic (exact) mass is 666 g/mol. The van der Waals surface area contributed by atoms with E-state index in [0.29, 0.717) is 25.9 Å². The van der Waals surface area contributed by atoms with Gasteiger partial charge in [-0.05, 0) is 84.6 Å². The molecule has 2 saturated heterocycles. The van der Waals surface area contributed by atoms with Gasteiger partial charge in [0.15, 0.2) is 7.11 Å². The minimum Gasteiger partial charge on any atom is -0.585 e. The molecule has 0 spiro atoms. The maximum atomic E-state index is 5.94. The number of ether oxygens (including phenoxy) is 6. The molecular formula is C43H54O6+2. The zero-order chi connectivity index (χ0) is 35.1. The van der Waals surface area contributed by atoms with Gasteiger partial charge in [0, 0.05) is 23.0 Å². The lowest BCUT2D eigenvalue weighted by Crippen LogP contribution is -2.21. The second-order valence-electron chi connectivity index (χ2n) is 14.7. The molecule has 0 amide bonds. The first-order chi connectivity index (χ1) is 23.4. The number of aromatic hydroxyl groups is 1. The first kappa shape index (κ1) is 36.2. The lowest BCUT2D eigenvalue weighted by molar-refractivity contribution is 0.136. The number of epoxide rings is 2. The second-order valence-corrected chi connectivity index (χ2v) is 14.7. The van der Waals surface area contributed by atoms with E-state index >= 15 is 0 Å². The summed E-state index contributed by atoms with van der Waals surface area (Å²) >= 11 is 0. The van der Waals surface area contributed by atoms with Crippen LogP contribution in [-0.4, -0.2) is 57.1 Å². The van der Waals surface area contributed by atoms with E-state index in [2.05, 4.69) is 132 Å². The van der Waals surface area contributed by atoms with E-state index in [1.807, 2.05) is 31.4 Å². The lowest BCUT2D eigenvalue weighted by Gasteiger charge is -2.26.